The van der Waals surface area contributed by atoms with Crippen molar-refractivity contribution >= 4 is 17.6 Å². The van der Waals surface area contributed by atoms with Crippen LogP contribution in [0.4, 0.5) is 5.69 Å². The second-order valence-electron chi connectivity index (χ2n) is 6.95. The standard InChI is InChI=1S/C22H28N2O3/c1-16(23-21(25)6-4-5-7-22(26)27)17-8-10-18(11-9-17)19-12-14-20(15-13-19)24(2)3/h8-16H,4-7H2,1-3H3,(H,23,25)(H,26,27). The van der Waals surface area contributed by atoms with E-state index in [1.165, 1.54) is 0 Å². The Bertz CT molecular complexity index is 752. The van der Waals surface area contributed by atoms with E-state index in [0.717, 1.165) is 22.4 Å². The van der Waals surface area contributed by atoms with Gasteiger partial charge in [-0.25, -0.2) is 0 Å². The van der Waals surface area contributed by atoms with E-state index in [1.54, 1.807) is 0 Å². The van der Waals surface area contributed by atoms with Gasteiger partial charge in [-0.2, -0.15) is 0 Å². The number of carboxylic acid groups (broad SMARTS) is 1. The number of unbranched alkanes of at least 4 members (excludes halogenated alkanes) is 1. The molecule has 0 bridgehead atoms. The fraction of sp³-hybridized carbons (Fsp3) is 0.364. The molecule has 1 amide bonds. The molecular formula is C22H28N2O3. The average molecular weight is 368 g/mol. The summed E-state index contributed by atoms with van der Waals surface area (Å²) in [6.07, 6.45) is 1.58. The third-order valence-corrected chi connectivity index (χ3v) is 4.55. The Balaban J connectivity index is 1.90. The summed E-state index contributed by atoms with van der Waals surface area (Å²) in [6.45, 7) is 1.95. The number of carbonyl (C=O) groups excluding carboxylic acids is 1. The van der Waals surface area contributed by atoms with Crippen LogP contribution >= 0.6 is 0 Å². The highest BCUT2D eigenvalue weighted by atomic mass is 16.4. The number of nitrogens with zero attached hydrogens (tertiary/aromatic N) is 1. The molecule has 2 rings (SSSR count). The number of hydrogen-bond acceptors (Lipinski definition) is 3. The summed E-state index contributed by atoms with van der Waals surface area (Å²) in [6, 6.07) is 16.5. The Morgan fingerprint density at radius 3 is 1.96 bits per heavy atom. The lowest BCUT2D eigenvalue weighted by Gasteiger charge is -2.15. The Labute approximate surface area is 161 Å². The van der Waals surface area contributed by atoms with Crippen LogP contribution in [0, 0.1) is 0 Å². The molecule has 0 aliphatic heterocycles. The highest BCUT2D eigenvalue weighted by Gasteiger charge is 2.10. The first-order chi connectivity index (χ1) is 12.9. The predicted octanol–water partition coefficient (Wildman–Crippen LogP) is 4.24. The molecule has 0 radical (unpaired) electrons. The van der Waals surface area contributed by atoms with Gasteiger partial charge >= 0.3 is 5.97 Å². The molecular weight excluding hydrogens is 340 g/mol. The molecule has 0 aliphatic carbocycles. The van der Waals surface area contributed by atoms with Crippen LogP contribution in [-0.2, 0) is 9.59 Å². The van der Waals surface area contributed by atoms with Gasteiger partial charge < -0.3 is 15.3 Å². The van der Waals surface area contributed by atoms with E-state index in [9.17, 15) is 9.59 Å². The molecule has 1 unspecified atom stereocenters. The third kappa shape index (κ3) is 6.44. The number of carboxylic acids is 1. The van der Waals surface area contributed by atoms with Crippen LogP contribution in [0.1, 0.15) is 44.2 Å². The van der Waals surface area contributed by atoms with Crippen molar-refractivity contribution in [2.45, 2.75) is 38.6 Å². The maximum atomic E-state index is 12.0. The van der Waals surface area contributed by atoms with Crippen LogP contribution in [0.25, 0.3) is 11.1 Å². The zero-order valence-electron chi connectivity index (χ0n) is 16.2. The molecule has 2 aromatic rings. The number of aliphatic carboxylic acids is 1. The molecule has 5 nitrogen and oxygen atoms in total. The van der Waals surface area contributed by atoms with Crippen molar-refractivity contribution in [1.29, 1.82) is 0 Å². The minimum Gasteiger partial charge on any atom is -0.481 e. The molecule has 1 atom stereocenters. The first kappa shape index (κ1) is 20.5. The van der Waals surface area contributed by atoms with E-state index in [0.29, 0.717) is 19.3 Å². The summed E-state index contributed by atoms with van der Waals surface area (Å²) >= 11 is 0. The molecule has 0 aromatic heterocycles. The van der Waals surface area contributed by atoms with Gasteiger partial charge in [0.05, 0.1) is 6.04 Å². The normalized spacial score (nSPS) is 11.7. The zero-order valence-corrected chi connectivity index (χ0v) is 16.2. The van der Waals surface area contributed by atoms with E-state index in [1.807, 2.05) is 33.2 Å². The molecule has 2 aromatic carbocycles. The Hall–Kier alpha value is -2.82. The van der Waals surface area contributed by atoms with Gasteiger partial charge in [0.25, 0.3) is 0 Å². The topological polar surface area (TPSA) is 69.6 Å². The highest BCUT2D eigenvalue weighted by molar-refractivity contribution is 5.76. The van der Waals surface area contributed by atoms with Crippen molar-refractivity contribution in [3.63, 3.8) is 0 Å². The van der Waals surface area contributed by atoms with Crippen molar-refractivity contribution < 1.29 is 14.7 Å². The fourth-order valence-electron chi connectivity index (χ4n) is 2.88. The smallest absolute Gasteiger partial charge is 0.303 e. The Morgan fingerprint density at radius 2 is 1.44 bits per heavy atom. The number of benzene rings is 2. The quantitative estimate of drug-likeness (QED) is 0.650. The lowest BCUT2D eigenvalue weighted by Crippen LogP contribution is -2.26. The van der Waals surface area contributed by atoms with Crippen LogP contribution in [-0.4, -0.2) is 31.1 Å². The molecule has 0 fully saturated rings. The summed E-state index contributed by atoms with van der Waals surface area (Å²) < 4.78 is 0. The lowest BCUT2D eigenvalue weighted by molar-refractivity contribution is -0.137. The van der Waals surface area contributed by atoms with Crippen LogP contribution in [0.15, 0.2) is 48.5 Å². The summed E-state index contributed by atoms with van der Waals surface area (Å²) in [5.74, 6) is -0.864. The summed E-state index contributed by atoms with van der Waals surface area (Å²) in [5.41, 5.74) is 4.50. The summed E-state index contributed by atoms with van der Waals surface area (Å²) in [4.78, 5) is 24.5. The lowest BCUT2D eigenvalue weighted by atomic mass is 10.0. The number of anilines is 1. The van der Waals surface area contributed by atoms with E-state index < -0.39 is 5.97 Å². The van der Waals surface area contributed by atoms with Gasteiger partial charge in [0.1, 0.15) is 0 Å². The molecule has 0 saturated heterocycles. The molecule has 144 valence electrons. The van der Waals surface area contributed by atoms with Crippen LogP contribution in [0.5, 0.6) is 0 Å². The largest absolute Gasteiger partial charge is 0.481 e. The SMILES string of the molecule is CC(NC(=O)CCCCC(=O)O)c1ccc(-c2ccc(N(C)C)cc2)cc1. The number of amides is 1. The van der Waals surface area contributed by atoms with Gasteiger partial charge in [-0.1, -0.05) is 36.4 Å². The van der Waals surface area contributed by atoms with Crippen molar-refractivity contribution in [2.75, 3.05) is 19.0 Å². The Kier molecular flexibility index (Phi) is 7.41. The first-order valence-corrected chi connectivity index (χ1v) is 9.25. The number of hydrogen-bond donors (Lipinski definition) is 2. The minimum atomic E-state index is -0.819. The fourth-order valence-corrected chi connectivity index (χ4v) is 2.88. The number of carbonyl (C=O) groups is 2. The van der Waals surface area contributed by atoms with E-state index >= 15 is 0 Å². The first-order valence-electron chi connectivity index (χ1n) is 9.25. The second-order valence-corrected chi connectivity index (χ2v) is 6.95. The summed E-state index contributed by atoms with van der Waals surface area (Å²) in [7, 11) is 4.04. The summed E-state index contributed by atoms with van der Waals surface area (Å²) in [5, 5.41) is 11.6. The Morgan fingerprint density at radius 1 is 0.926 bits per heavy atom. The molecule has 0 saturated carbocycles. The third-order valence-electron chi connectivity index (χ3n) is 4.55. The van der Waals surface area contributed by atoms with Crippen molar-refractivity contribution in [3.05, 3.63) is 54.1 Å². The molecule has 5 heteroatoms. The van der Waals surface area contributed by atoms with Crippen LogP contribution in [0.3, 0.4) is 0 Å². The zero-order chi connectivity index (χ0) is 19.8. The van der Waals surface area contributed by atoms with Gasteiger partial charge in [0.2, 0.25) is 5.91 Å². The molecule has 27 heavy (non-hydrogen) atoms. The molecule has 0 heterocycles. The molecule has 0 aliphatic rings. The van der Waals surface area contributed by atoms with E-state index in [4.69, 9.17) is 5.11 Å². The predicted molar refractivity (Wildman–Crippen MR) is 109 cm³/mol. The van der Waals surface area contributed by atoms with E-state index in [2.05, 4.69) is 46.6 Å². The van der Waals surface area contributed by atoms with Gasteiger partial charge in [0.15, 0.2) is 0 Å². The van der Waals surface area contributed by atoms with Gasteiger partial charge in [-0.05, 0) is 48.6 Å². The van der Waals surface area contributed by atoms with Gasteiger partial charge in [-0.15, -0.1) is 0 Å². The van der Waals surface area contributed by atoms with Crippen molar-refractivity contribution in [1.82, 2.24) is 5.32 Å². The number of nitrogens with one attached hydrogen (secondary N) is 1. The molecule has 0 spiro atoms. The van der Waals surface area contributed by atoms with Gasteiger partial charge in [-0.3, -0.25) is 9.59 Å². The van der Waals surface area contributed by atoms with Crippen molar-refractivity contribution in [3.8, 4) is 11.1 Å². The van der Waals surface area contributed by atoms with Crippen molar-refractivity contribution in [2.24, 2.45) is 0 Å². The highest BCUT2D eigenvalue weighted by Crippen LogP contribution is 2.24. The average Bonchev–Trinajstić information content (AvgIpc) is 2.65. The van der Waals surface area contributed by atoms with E-state index in [-0.39, 0.29) is 18.4 Å². The van der Waals surface area contributed by atoms with Crippen LogP contribution in [0.2, 0.25) is 0 Å². The second kappa shape index (κ2) is 9.76. The van der Waals surface area contributed by atoms with Crippen LogP contribution < -0.4 is 10.2 Å². The maximum absolute atomic E-state index is 12.0. The molecule has 2 N–H and O–H groups in total. The maximum Gasteiger partial charge on any atom is 0.303 e. The monoisotopic (exact) mass is 368 g/mol. The minimum absolute atomic E-state index is 0.0451. The van der Waals surface area contributed by atoms with Gasteiger partial charge in [0, 0.05) is 32.6 Å². The number of rotatable bonds is 9.